The van der Waals surface area contributed by atoms with E-state index >= 15 is 0 Å². The predicted molar refractivity (Wildman–Crippen MR) is 104 cm³/mol. The Kier molecular flexibility index (Phi) is 6.92. The Balaban J connectivity index is 2.08. The van der Waals surface area contributed by atoms with Crippen molar-refractivity contribution in [3.63, 3.8) is 0 Å². The van der Waals surface area contributed by atoms with Crippen molar-refractivity contribution in [1.82, 2.24) is 14.9 Å². The maximum Gasteiger partial charge on any atom is 0.259 e. The number of H-pyrrole nitrogens is 1. The van der Waals surface area contributed by atoms with Crippen LogP contribution in [0.2, 0.25) is 0 Å². The maximum atomic E-state index is 12.5. The zero-order valence-corrected chi connectivity index (χ0v) is 16.7. The average molecular weight is 375 g/mol. The molecule has 7 heteroatoms. The van der Waals surface area contributed by atoms with Gasteiger partial charge >= 0.3 is 0 Å². The summed E-state index contributed by atoms with van der Waals surface area (Å²) < 4.78 is 0. The predicted octanol–water partition coefficient (Wildman–Crippen LogP) is 3.32. The summed E-state index contributed by atoms with van der Waals surface area (Å²) in [6, 6.07) is 2.10. The Morgan fingerprint density at radius 2 is 2.08 bits per heavy atom. The smallest absolute Gasteiger partial charge is 0.259 e. The first-order valence-corrected chi connectivity index (χ1v) is 9.78. The number of rotatable bonds is 8. The molecule has 0 bridgehead atoms. The summed E-state index contributed by atoms with van der Waals surface area (Å²) in [6.45, 7) is 9.24. The van der Waals surface area contributed by atoms with Gasteiger partial charge in [-0.2, -0.15) is 5.26 Å². The normalized spacial score (nSPS) is 11.1. The zero-order chi connectivity index (χ0) is 19.3. The van der Waals surface area contributed by atoms with Crippen LogP contribution >= 0.6 is 11.3 Å². The Morgan fingerprint density at radius 3 is 2.73 bits per heavy atom. The average Bonchev–Trinajstić information content (AvgIpc) is 2.87. The number of fused-ring (bicyclic) bond motifs is 1. The number of nitrogens with one attached hydrogen (secondary N) is 1. The van der Waals surface area contributed by atoms with Crippen LogP contribution in [-0.2, 0) is 11.2 Å². The number of nitrogens with zero attached hydrogens (tertiary/aromatic N) is 3. The number of amides is 1. The second-order valence-corrected chi connectivity index (χ2v) is 8.15. The third-order valence-electron chi connectivity index (χ3n) is 4.49. The van der Waals surface area contributed by atoms with E-state index in [-0.39, 0.29) is 17.9 Å². The van der Waals surface area contributed by atoms with Crippen LogP contribution in [0.1, 0.15) is 49.4 Å². The molecule has 2 rings (SSSR count). The van der Waals surface area contributed by atoms with Crippen LogP contribution in [0.3, 0.4) is 0 Å². The Bertz CT molecular complexity index is 876. The monoisotopic (exact) mass is 374 g/mol. The van der Waals surface area contributed by atoms with Gasteiger partial charge in [-0.1, -0.05) is 13.8 Å². The van der Waals surface area contributed by atoms with Crippen molar-refractivity contribution in [2.45, 2.75) is 53.4 Å². The first kappa shape index (κ1) is 20.1. The lowest BCUT2D eigenvalue weighted by Crippen LogP contribution is -2.33. The van der Waals surface area contributed by atoms with Crippen LogP contribution in [-0.4, -0.2) is 33.9 Å². The van der Waals surface area contributed by atoms with Gasteiger partial charge in [0.25, 0.3) is 5.56 Å². The highest BCUT2D eigenvalue weighted by molar-refractivity contribution is 7.18. The molecule has 2 aromatic rings. The number of carbonyl (C=O) groups is 1. The van der Waals surface area contributed by atoms with Crippen LogP contribution in [0.25, 0.3) is 10.2 Å². The van der Waals surface area contributed by atoms with Gasteiger partial charge < -0.3 is 9.88 Å². The molecule has 1 amide bonds. The first-order chi connectivity index (χ1) is 12.3. The molecule has 0 aromatic carbocycles. The second-order valence-electron chi connectivity index (χ2n) is 6.95. The van der Waals surface area contributed by atoms with E-state index in [1.54, 1.807) is 4.90 Å². The van der Waals surface area contributed by atoms with Crippen molar-refractivity contribution in [2.75, 3.05) is 13.1 Å². The number of hydrogen-bond donors (Lipinski definition) is 1. The quantitative estimate of drug-likeness (QED) is 0.767. The van der Waals surface area contributed by atoms with Crippen LogP contribution in [0, 0.1) is 31.1 Å². The minimum Gasteiger partial charge on any atom is -0.342 e. The van der Waals surface area contributed by atoms with E-state index in [1.807, 2.05) is 13.8 Å². The molecule has 0 radical (unpaired) electrons. The van der Waals surface area contributed by atoms with E-state index in [4.69, 9.17) is 5.26 Å². The number of aryl methyl sites for hydroxylation is 3. The molecule has 2 heterocycles. The fraction of sp³-hybridized carbons (Fsp3) is 0.579. The molecule has 1 N–H and O–H groups in total. The lowest BCUT2D eigenvalue weighted by Gasteiger charge is -2.22. The largest absolute Gasteiger partial charge is 0.342 e. The van der Waals surface area contributed by atoms with Crippen LogP contribution in [0.15, 0.2) is 4.79 Å². The van der Waals surface area contributed by atoms with Crippen molar-refractivity contribution in [3.05, 3.63) is 26.6 Å². The topological polar surface area (TPSA) is 89.8 Å². The van der Waals surface area contributed by atoms with Gasteiger partial charge in [0.2, 0.25) is 5.91 Å². The molecule has 0 aliphatic rings. The van der Waals surface area contributed by atoms with Crippen LogP contribution < -0.4 is 5.56 Å². The summed E-state index contributed by atoms with van der Waals surface area (Å²) in [5.41, 5.74) is 0.832. The molecule has 6 nitrogen and oxygen atoms in total. The van der Waals surface area contributed by atoms with Gasteiger partial charge in [0, 0.05) is 30.8 Å². The number of carbonyl (C=O) groups excluding carboxylic acids is 1. The SMILES string of the molecule is Cc1sc2nc(CCC(=O)N(CCC#N)CCC(C)C)[nH]c(=O)c2c1C. The molecule has 140 valence electrons. The lowest BCUT2D eigenvalue weighted by atomic mass is 10.1. The minimum atomic E-state index is -0.138. The van der Waals surface area contributed by atoms with E-state index in [1.165, 1.54) is 11.3 Å². The van der Waals surface area contributed by atoms with Crippen molar-refractivity contribution in [2.24, 2.45) is 5.92 Å². The van der Waals surface area contributed by atoms with E-state index in [0.717, 1.165) is 21.7 Å². The van der Waals surface area contributed by atoms with Crippen LogP contribution in [0.5, 0.6) is 0 Å². The number of hydrogen-bond acceptors (Lipinski definition) is 5. The number of thiophene rings is 1. The van der Waals surface area contributed by atoms with Crippen molar-refractivity contribution < 1.29 is 4.79 Å². The molecule has 0 saturated heterocycles. The van der Waals surface area contributed by atoms with E-state index in [9.17, 15) is 9.59 Å². The summed E-state index contributed by atoms with van der Waals surface area (Å²) in [6.07, 6.45) is 1.91. The van der Waals surface area contributed by atoms with Crippen molar-refractivity contribution in [3.8, 4) is 6.07 Å². The van der Waals surface area contributed by atoms with Gasteiger partial charge in [0.1, 0.15) is 10.7 Å². The molecular formula is C19H26N4O2S. The summed E-state index contributed by atoms with van der Waals surface area (Å²) in [4.78, 5) is 35.8. The molecule has 0 saturated carbocycles. The lowest BCUT2D eigenvalue weighted by molar-refractivity contribution is -0.131. The summed E-state index contributed by atoms with van der Waals surface area (Å²) in [5.74, 6) is 1.04. The van der Waals surface area contributed by atoms with Crippen molar-refractivity contribution >= 4 is 27.5 Å². The summed E-state index contributed by atoms with van der Waals surface area (Å²) in [7, 11) is 0. The van der Waals surface area contributed by atoms with Gasteiger partial charge in [0.05, 0.1) is 17.9 Å². The number of nitriles is 1. The van der Waals surface area contributed by atoms with E-state index < -0.39 is 0 Å². The van der Waals surface area contributed by atoms with Gasteiger partial charge in [-0.25, -0.2) is 4.98 Å². The first-order valence-electron chi connectivity index (χ1n) is 8.97. The highest BCUT2D eigenvalue weighted by Crippen LogP contribution is 2.25. The third-order valence-corrected chi connectivity index (χ3v) is 5.59. The molecule has 0 atom stereocenters. The second kappa shape index (κ2) is 8.95. The molecule has 0 spiro atoms. The molecule has 0 fully saturated rings. The van der Waals surface area contributed by atoms with E-state index in [2.05, 4.69) is 29.9 Å². The Labute approximate surface area is 157 Å². The molecule has 26 heavy (non-hydrogen) atoms. The zero-order valence-electron chi connectivity index (χ0n) is 15.9. The van der Waals surface area contributed by atoms with E-state index in [0.29, 0.717) is 43.1 Å². The molecule has 0 aliphatic heterocycles. The highest BCUT2D eigenvalue weighted by Gasteiger charge is 2.16. The molecule has 2 aromatic heterocycles. The van der Waals surface area contributed by atoms with Gasteiger partial charge in [0.15, 0.2) is 0 Å². The Morgan fingerprint density at radius 1 is 1.35 bits per heavy atom. The molecule has 0 aliphatic carbocycles. The third kappa shape index (κ3) is 4.92. The summed E-state index contributed by atoms with van der Waals surface area (Å²) in [5, 5.41) is 9.45. The highest BCUT2D eigenvalue weighted by atomic mass is 32.1. The Hall–Kier alpha value is -2.20. The molecule has 0 unspecified atom stereocenters. The molecular weight excluding hydrogens is 348 g/mol. The minimum absolute atomic E-state index is 0.00202. The fourth-order valence-corrected chi connectivity index (χ4v) is 3.81. The number of aromatic amines is 1. The fourth-order valence-electron chi connectivity index (χ4n) is 2.76. The number of aromatic nitrogens is 2. The van der Waals surface area contributed by atoms with Crippen molar-refractivity contribution in [1.29, 1.82) is 5.26 Å². The van der Waals surface area contributed by atoms with Gasteiger partial charge in [-0.15, -0.1) is 11.3 Å². The van der Waals surface area contributed by atoms with Gasteiger partial charge in [-0.05, 0) is 31.7 Å². The standard InChI is InChI=1S/C19H26N4O2S/c1-12(2)8-11-23(10-5-9-20)16(24)7-6-15-21-18(25)17-13(3)14(4)26-19(17)22-15/h12H,5-8,10-11H2,1-4H3,(H,21,22,25). The van der Waals surface area contributed by atoms with Gasteiger partial charge in [-0.3, -0.25) is 9.59 Å². The summed E-state index contributed by atoms with van der Waals surface area (Å²) >= 11 is 1.51. The van der Waals surface area contributed by atoms with Crippen LogP contribution in [0.4, 0.5) is 0 Å². The maximum absolute atomic E-state index is 12.5.